The Morgan fingerprint density at radius 1 is 0.941 bits per heavy atom. The van der Waals surface area contributed by atoms with Gasteiger partial charge in [-0.05, 0) is 108 Å². The molecule has 11 atom stereocenters. The summed E-state index contributed by atoms with van der Waals surface area (Å²) in [6.07, 6.45) is 11.1. The molecule has 0 bridgehead atoms. The van der Waals surface area contributed by atoms with Crippen molar-refractivity contribution in [1.82, 2.24) is 0 Å². The third kappa shape index (κ3) is 2.77. The fraction of sp³-hybridized carbons (Fsp3) is 0.903. The highest BCUT2D eigenvalue weighted by atomic mass is 16.4. The predicted molar refractivity (Wildman–Crippen MR) is 137 cm³/mol. The minimum Gasteiger partial charge on any atom is -0.481 e. The van der Waals surface area contributed by atoms with Crippen LogP contribution < -0.4 is 0 Å². The Morgan fingerprint density at radius 3 is 2.26 bits per heavy atom. The van der Waals surface area contributed by atoms with Crippen LogP contribution in [0.15, 0.2) is 11.6 Å². The number of fused-ring (bicyclic) bond motifs is 7. The molecule has 34 heavy (non-hydrogen) atoms. The first kappa shape index (κ1) is 24.8. The first-order valence-electron chi connectivity index (χ1n) is 14.3. The van der Waals surface area contributed by atoms with Gasteiger partial charge in [-0.1, -0.05) is 67.0 Å². The number of carboxylic acids is 1. The molecule has 0 radical (unpaired) electrons. The molecule has 0 saturated heterocycles. The van der Waals surface area contributed by atoms with Crippen molar-refractivity contribution in [3.05, 3.63) is 11.6 Å². The van der Waals surface area contributed by atoms with E-state index in [9.17, 15) is 15.0 Å². The molecule has 3 heteroatoms. The standard InChI is InChI=1S/C31H50O3/c1-18-17-20(26(33)34)21-11-15-30(7)24(31(21,8)19(18)2)10-9-23-28(5)14-13-25(32)27(3,4)22(28)12-16-29(23,30)6/h10,18-23,25,32H,9,11-17H2,1-8H3,(H,33,34)/t18-,19+,20-,21?,22?,23-,25+,28+,29-,30-,31-/m1/s1. The largest absolute Gasteiger partial charge is 0.481 e. The normalized spacial score (nSPS) is 56.3. The fourth-order valence-electron chi connectivity index (χ4n) is 11.5. The molecule has 0 aliphatic heterocycles. The molecule has 3 nitrogen and oxygen atoms in total. The molecule has 0 amide bonds. The third-order valence-electron chi connectivity index (χ3n) is 14.0. The summed E-state index contributed by atoms with van der Waals surface area (Å²) in [5, 5.41) is 21.1. The number of allylic oxidation sites excluding steroid dienone is 2. The third-order valence-corrected chi connectivity index (χ3v) is 14.0. The van der Waals surface area contributed by atoms with Crippen molar-refractivity contribution in [2.75, 3.05) is 0 Å². The Balaban J connectivity index is 1.61. The maximum absolute atomic E-state index is 12.4. The Morgan fingerprint density at radius 2 is 1.62 bits per heavy atom. The minimum absolute atomic E-state index is 0.0229. The molecule has 0 spiro atoms. The van der Waals surface area contributed by atoms with Gasteiger partial charge in [-0.25, -0.2) is 0 Å². The van der Waals surface area contributed by atoms with Crippen LogP contribution in [0.2, 0.25) is 0 Å². The van der Waals surface area contributed by atoms with Crippen molar-refractivity contribution in [2.24, 2.45) is 62.6 Å². The Hall–Kier alpha value is -0.830. The van der Waals surface area contributed by atoms with Crippen molar-refractivity contribution >= 4 is 5.97 Å². The average Bonchev–Trinajstić information content (AvgIpc) is 2.75. The van der Waals surface area contributed by atoms with Gasteiger partial charge in [-0.15, -0.1) is 0 Å². The number of rotatable bonds is 1. The van der Waals surface area contributed by atoms with Crippen LogP contribution >= 0.6 is 0 Å². The summed E-state index contributed by atoms with van der Waals surface area (Å²) in [4.78, 5) is 12.4. The monoisotopic (exact) mass is 470 g/mol. The molecule has 4 fully saturated rings. The van der Waals surface area contributed by atoms with Gasteiger partial charge < -0.3 is 10.2 Å². The molecule has 4 saturated carbocycles. The van der Waals surface area contributed by atoms with E-state index < -0.39 is 5.97 Å². The van der Waals surface area contributed by atoms with Gasteiger partial charge in [-0.2, -0.15) is 0 Å². The highest BCUT2D eigenvalue weighted by Gasteiger charge is 2.69. The van der Waals surface area contributed by atoms with E-state index in [0.29, 0.717) is 23.7 Å². The molecular weight excluding hydrogens is 420 g/mol. The lowest BCUT2D eigenvalue weighted by molar-refractivity contribution is -0.207. The number of carboxylic acid groups (broad SMARTS) is 1. The molecule has 5 aliphatic rings. The maximum atomic E-state index is 12.4. The van der Waals surface area contributed by atoms with Gasteiger partial charge in [0.15, 0.2) is 0 Å². The summed E-state index contributed by atoms with van der Waals surface area (Å²) in [6, 6.07) is 0. The summed E-state index contributed by atoms with van der Waals surface area (Å²) in [7, 11) is 0. The fourth-order valence-corrected chi connectivity index (χ4v) is 11.5. The number of aliphatic hydroxyl groups excluding tert-OH is 1. The number of carbonyl (C=O) groups is 1. The van der Waals surface area contributed by atoms with Gasteiger partial charge in [0.2, 0.25) is 0 Å². The zero-order valence-electron chi connectivity index (χ0n) is 23.1. The molecular formula is C31H50O3. The van der Waals surface area contributed by atoms with Crippen LogP contribution in [0.25, 0.3) is 0 Å². The molecule has 5 rings (SSSR count). The van der Waals surface area contributed by atoms with Gasteiger partial charge in [0.05, 0.1) is 12.0 Å². The Bertz CT molecular complexity index is 904. The zero-order valence-corrected chi connectivity index (χ0v) is 23.1. The van der Waals surface area contributed by atoms with Gasteiger partial charge in [0.1, 0.15) is 0 Å². The van der Waals surface area contributed by atoms with Crippen LogP contribution in [0.3, 0.4) is 0 Å². The van der Waals surface area contributed by atoms with Crippen LogP contribution in [-0.2, 0) is 4.79 Å². The summed E-state index contributed by atoms with van der Waals surface area (Å²) in [5.74, 6) is 1.62. The van der Waals surface area contributed by atoms with Crippen LogP contribution in [0.1, 0.15) is 107 Å². The van der Waals surface area contributed by atoms with E-state index in [1.54, 1.807) is 5.57 Å². The zero-order chi connectivity index (χ0) is 25.1. The number of hydrogen-bond acceptors (Lipinski definition) is 2. The van der Waals surface area contributed by atoms with Gasteiger partial charge in [0.25, 0.3) is 0 Å². The SMILES string of the molecule is C[C@@H]1C[C@@H](C(=O)O)C2CC[C@]3(C)C(=CC[C@@H]4[C@@]5(C)CC[C@H](O)C(C)(C)C5CC[C@]43C)[C@]2(C)[C@H]1C. The summed E-state index contributed by atoms with van der Waals surface area (Å²) in [5.41, 5.74) is 2.19. The van der Waals surface area contributed by atoms with E-state index in [1.807, 2.05) is 0 Å². The lowest BCUT2D eigenvalue weighted by atomic mass is 9.32. The predicted octanol–water partition coefficient (Wildman–Crippen LogP) is 7.34. The second-order valence-corrected chi connectivity index (χ2v) is 15.0. The minimum atomic E-state index is -0.574. The van der Waals surface area contributed by atoms with Crippen molar-refractivity contribution < 1.29 is 15.0 Å². The summed E-state index contributed by atoms with van der Waals surface area (Å²) in [6.45, 7) is 19.5. The molecule has 0 heterocycles. The molecule has 5 aliphatic carbocycles. The first-order valence-corrected chi connectivity index (χ1v) is 14.3. The van der Waals surface area contributed by atoms with E-state index >= 15 is 0 Å². The van der Waals surface area contributed by atoms with E-state index in [-0.39, 0.29) is 45.0 Å². The topological polar surface area (TPSA) is 57.5 Å². The van der Waals surface area contributed by atoms with E-state index in [0.717, 1.165) is 38.5 Å². The van der Waals surface area contributed by atoms with Crippen LogP contribution in [0.4, 0.5) is 0 Å². The smallest absolute Gasteiger partial charge is 0.306 e. The molecule has 0 aromatic rings. The Kier molecular flexibility index (Phi) is 5.38. The van der Waals surface area contributed by atoms with Crippen LogP contribution in [0, 0.1) is 62.6 Å². The highest BCUT2D eigenvalue weighted by Crippen LogP contribution is 2.76. The van der Waals surface area contributed by atoms with Crippen LogP contribution in [-0.4, -0.2) is 22.3 Å². The van der Waals surface area contributed by atoms with Crippen molar-refractivity contribution in [1.29, 1.82) is 0 Å². The van der Waals surface area contributed by atoms with Gasteiger partial charge in [-0.3, -0.25) is 4.79 Å². The second kappa shape index (κ2) is 7.36. The van der Waals surface area contributed by atoms with Gasteiger partial charge in [0, 0.05) is 0 Å². The molecule has 192 valence electrons. The second-order valence-electron chi connectivity index (χ2n) is 15.0. The molecule has 2 N–H and O–H groups in total. The number of hydrogen-bond donors (Lipinski definition) is 2. The number of aliphatic hydroxyl groups is 1. The van der Waals surface area contributed by atoms with Crippen molar-refractivity contribution in [3.63, 3.8) is 0 Å². The van der Waals surface area contributed by atoms with Crippen LogP contribution in [0.5, 0.6) is 0 Å². The maximum Gasteiger partial charge on any atom is 0.306 e. The van der Waals surface area contributed by atoms with Gasteiger partial charge >= 0.3 is 5.97 Å². The number of aliphatic carboxylic acids is 1. The molecule has 0 aromatic heterocycles. The lowest BCUT2D eigenvalue weighted by Gasteiger charge is -2.72. The first-order chi connectivity index (χ1) is 15.7. The quantitative estimate of drug-likeness (QED) is 0.394. The molecule has 2 unspecified atom stereocenters. The van der Waals surface area contributed by atoms with E-state index in [2.05, 4.69) is 61.5 Å². The average molecular weight is 471 g/mol. The summed E-state index contributed by atoms with van der Waals surface area (Å²) >= 11 is 0. The van der Waals surface area contributed by atoms with E-state index in [1.165, 1.54) is 12.8 Å². The summed E-state index contributed by atoms with van der Waals surface area (Å²) < 4.78 is 0. The van der Waals surface area contributed by atoms with E-state index in [4.69, 9.17) is 0 Å². The lowest BCUT2D eigenvalue weighted by Crippen LogP contribution is -2.66. The highest BCUT2D eigenvalue weighted by molar-refractivity contribution is 5.71. The Labute approximate surface area is 208 Å². The molecule has 0 aromatic carbocycles. The van der Waals surface area contributed by atoms with Crippen molar-refractivity contribution in [2.45, 2.75) is 113 Å². The van der Waals surface area contributed by atoms with Crippen molar-refractivity contribution in [3.8, 4) is 0 Å².